The van der Waals surface area contributed by atoms with Crippen molar-refractivity contribution in [2.45, 2.75) is 38.3 Å². The van der Waals surface area contributed by atoms with Crippen LogP contribution in [0.5, 0.6) is 0 Å². The molecule has 7 nitrogen and oxygen atoms in total. The van der Waals surface area contributed by atoms with Gasteiger partial charge in [0, 0.05) is 50.7 Å². The van der Waals surface area contributed by atoms with Crippen molar-refractivity contribution in [3.05, 3.63) is 24.2 Å². The topological polar surface area (TPSA) is 66.2 Å². The number of likely N-dealkylation sites (tertiary alicyclic amines) is 2. The molecule has 0 unspecified atom stereocenters. The van der Waals surface area contributed by atoms with E-state index in [0.717, 1.165) is 52.1 Å². The van der Waals surface area contributed by atoms with Crippen molar-refractivity contribution in [1.29, 1.82) is 0 Å². The van der Waals surface area contributed by atoms with Crippen LogP contribution >= 0.6 is 0 Å². The molecule has 3 aliphatic rings. The lowest BCUT2D eigenvalue weighted by atomic mass is 9.94. The minimum absolute atomic E-state index is 0.00318. The molecule has 148 valence electrons. The Labute approximate surface area is 160 Å². The van der Waals surface area contributed by atoms with Crippen molar-refractivity contribution < 1.29 is 18.7 Å². The van der Waals surface area contributed by atoms with Gasteiger partial charge >= 0.3 is 0 Å². The second-order valence-electron chi connectivity index (χ2n) is 7.86. The van der Waals surface area contributed by atoms with E-state index in [9.17, 15) is 9.59 Å². The van der Waals surface area contributed by atoms with E-state index in [-0.39, 0.29) is 23.8 Å². The maximum atomic E-state index is 13.1. The van der Waals surface area contributed by atoms with E-state index < -0.39 is 0 Å². The molecule has 0 radical (unpaired) electrons. The van der Waals surface area contributed by atoms with Crippen LogP contribution < -0.4 is 0 Å². The van der Waals surface area contributed by atoms with Gasteiger partial charge in [0.05, 0.1) is 25.0 Å². The van der Waals surface area contributed by atoms with Crippen LogP contribution in [0.3, 0.4) is 0 Å². The molecule has 27 heavy (non-hydrogen) atoms. The molecule has 3 aliphatic heterocycles. The molecule has 7 heteroatoms. The predicted molar refractivity (Wildman–Crippen MR) is 99.3 cm³/mol. The number of amides is 2. The Hall–Kier alpha value is -1.86. The largest absolute Gasteiger partial charge is 0.472 e. The molecule has 2 atom stereocenters. The molecule has 4 heterocycles. The zero-order valence-electron chi connectivity index (χ0n) is 16.0. The highest BCUT2D eigenvalue weighted by Gasteiger charge is 2.40. The van der Waals surface area contributed by atoms with Crippen LogP contribution in [-0.4, -0.2) is 84.5 Å². The SMILES string of the molecule is C[C@@H]1[C@H](N2CCOCC2)CCN1C(=O)C1CCN(C(=O)c2ccoc2)CC1. The van der Waals surface area contributed by atoms with Gasteiger partial charge in [0.2, 0.25) is 5.91 Å². The van der Waals surface area contributed by atoms with Gasteiger partial charge in [-0.25, -0.2) is 0 Å². The molecule has 2 amide bonds. The molecule has 3 saturated heterocycles. The number of piperidine rings is 1. The average Bonchev–Trinajstić information content (AvgIpc) is 3.38. The second-order valence-corrected chi connectivity index (χ2v) is 7.86. The second kappa shape index (κ2) is 8.02. The summed E-state index contributed by atoms with van der Waals surface area (Å²) < 4.78 is 10.5. The lowest BCUT2D eigenvalue weighted by Gasteiger charge is -2.37. The van der Waals surface area contributed by atoms with Crippen LogP contribution in [-0.2, 0) is 9.53 Å². The van der Waals surface area contributed by atoms with E-state index in [1.807, 2.05) is 4.90 Å². The molecular weight excluding hydrogens is 346 g/mol. The lowest BCUT2D eigenvalue weighted by Crippen LogP contribution is -2.51. The summed E-state index contributed by atoms with van der Waals surface area (Å²) in [6.07, 6.45) is 5.53. The number of carbonyl (C=O) groups is 2. The monoisotopic (exact) mass is 375 g/mol. The molecule has 0 aliphatic carbocycles. The van der Waals surface area contributed by atoms with Crippen LogP contribution in [0.2, 0.25) is 0 Å². The normalized spacial score (nSPS) is 27.9. The molecule has 0 aromatic carbocycles. The van der Waals surface area contributed by atoms with Gasteiger partial charge in [-0.2, -0.15) is 0 Å². The Morgan fingerprint density at radius 1 is 1.04 bits per heavy atom. The summed E-state index contributed by atoms with van der Waals surface area (Å²) in [5.41, 5.74) is 0.585. The molecule has 1 aromatic rings. The van der Waals surface area contributed by atoms with Crippen molar-refractivity contribution in [2.24, 2.45) is 5.92 Å². The summed E-state index contributed by atoms with van der Waals surface area (Å²) in [6, 6.07) is 2.39. The summed E-state index contributed by atoms with van der Waals surface area (Å²) in [6.45, 7) is 7.81. The summed E-state index contributed by atoms with van der Waals surface area (Å²) in [5, 5.41) is 0. The number of carbonyl (C=O) groups excluding carboxylic acids is 2. The van der Waals surface area contributed by atoms with Gasteiger partial charge in [-0.3, -0.25) is 14.5 Å². The highest BCUT2D eigenvalue weighted by Crippen LogP contribution is 2.28. The molecule has 1 aromatic heterocycles. The fraction of sp³-hybridized carbons (Fsp3) is 0.700. The maximum Gasteiger partial charge on any atom is 0.257 e. The number of morpholine rings is 1. The molecule has 4 rings (SSSR count). The van der Waals surface area contributed by atoms with Gasteiger partial charge in [-0.1, -0.05) is 0 Å². The maximum absolute atomic E-state index is 13.1. The Kier molecular flexibility index (Phi) is 5.50. The summed E-state index contributed by atoms with van der Waals surface area (Å²) in [7, 11) is 0. The van der Waals surface area contributed by atoms with E-state index in [0.29, 0.717) is 24.7 Å². The zero-order chi connectivity index (χ0) is 18.8. The fourth-order valence-electron chi connectivity index (χ4n) is 4.76. The van der Waals surface area contributed by atoms with Gasteiger partial charge in [-0.05, 0) is 32.3 Å². The van der Waals surface area contributed by atoms with Crippen molar-refractivity contribution in [3.63, 3.8) is 0 Å². The number of hydrogen-bond acceptors (Lipinski definition) is 5. The van der Waals surface area contributed by atoms with Crippen LogP contribution in [0.4, 0.5) is 0 Å². The number of ether oxygens (including phenoxy) is 1. The number of hydrogen-bond donors (Lipinski definition) is 0. The Balaban J connectivity index is 1.31. The Bertz CT molecular complexity index is 648. The summed E-state index contributed by atoms with van der Waals surface area (Å²) in [5.74, 6) is 0.300. The fourth-order valence-corrected chi connectivity index (χ4v) is 4.76. The van der Waals surface area contributed by atoms with Crippen molar-refractivity contribution in [3.8, 4) is 0 Å². The zero-order valence-corrected chi connectivity index (χ0v) is 16.0. The van der Waals surface area contributed by atoms with Crippen molar-refractivity contribution >= 4 is 11.8 Å². The first-order valence-corrected chi connectivity index (χ1v) is 10.1. The third-order valence-electron chi connectivity index (χ3n) is 6.41. The number of furan rings is 1. The molecule has 0 N–H and O–H groups in total. The van der Waals surface area contributed by atoms with Gasteiger partial charge in [0.1, 0.15) is 6.26 Å². The molecular formula is C20H29N3O4. The van der Waals surface area contributed by atoms with Crippen molar-refractivity contribution in [2.75, 3.05) is 45.9 Å². The minimum Gasteiger partial charge on any atom is -0.472 e. The molecule has 0 spiro atoms. The first-order chi connectivity index (χ1) is 13.1. The summed E-state index contributed by atoms with van der Waals surface area (Å²) >= 11 is 0. The lowest BCUT2D eigenvalue weighted by molar-refractivity contribution is -0.138. The van der Waals surface area contributed by atoms with E-state index in [1.165, 1.54) is 12.5 Å². The Morgan fingerprint density at radius 2 is 1.78 bits per heavy atom. The van der Waals surface area contributed by atoms with E-state index in [1.54, 1.807) is 6.07 Å². The third-order valence-corrected chi connectivity index (χ3v) is 6.41. The third kappa shape index (κ3) is 3.75. The summed E-state index contributed by atoms with van der Waals surface area (Å²) in [4.78, 5) is 31.9. The van der Waals surface area contributed by atoms with Crippen LogP contribution in [0, 0.1) is 5.92 Å². The van der Waals surface area contributed by atoms with Gasteiger partial charge in [-0.15, -0.1) is 0 Å². The number of rotatable bonds is 3. The molecule has 0 bridgehead atoms. The van der Waals surface area contributed by atoms with Crippen LogP contribution in [0.25, 0.3) is 0 Å². The van der Waals surface area contributed by atoms with Crippen molar-refractivity contribution in [1.82, 2.24) is 14.7 Å². The Morgan fingerprint density at radius 3 is 2.44 bits per heavy atom. The average molecular weight is 375 g/mol. The first-order valence-electron chi connectivity index (χ1n) is 10.1. The first kappa shape index (κ1) is 18.5. The highest BCUT2D eigenvalue weighted by molar-refractivity contribution is 5.94. The quantitative estimate of drug-likeness (QED) is 0.800. The number of nitrogens with zero attached hydrogens (tertiary/aromatic N) is 3. The van der Waals surface area contributed by atoms with Crippen LogP contribution in [0.1, 0.15) is 36.5 Å². The van der Waals surface area contributed by atoms with Gasteiger partial charge in [0.15, 0.2) is 0 Å². The highest BCUT2D eigenvalue weighted by atomic mass is 16.5. The van der Waals surface area contributed by atoms with E-state index >= 15 is 0 Å². The standard InChI is InChI=1S/C20H29N3O4/c1-15-18(21-9-12-26-13-10-21)4-8-23(15)20(25)16-2-6-22(7-3-16)19(24)17-5-11-27-14-17/h5,11,14-16,18H,2-4,6-10,12-13H2,1H3/t15-,18-/m1/s1. The molecule has 3 fully saturated rings. The van der Waals surface area contributed by atoms with Crippen LogP contribution in [0.15, 0.2) is 23.0 Å². The smallest absolute Gasteiger partial charge is 0.257 e. The van der Waals surface area contributed by atoms with Gasteiger partial charge < -0.3 is 19.0 Å². The van der Waals surface area contributed by atoms with E-state index in [4.69, 9.17) is 9.15 Å². The van der Waals surface area contributed by atoms with E-state index in [2.05, 4.69) is 16.7 Å². The molecule has 0 saturated carbocycles. The minimum atomic E-state index is -0.00318. The van der Waals surface area contributed by atoms with Gasteiger partial charge in [0.25, 0.3) is 5.91 Å². The predicted octanol–water partition coefficient (Wildman–Crippen LogP) is 1.45.